The van der Waals surface area contributed by atoms with Gasteiger partial charge in [-0.1, -0.05) is 50.3 Å². The van der Waals surface area contributed by atoms with E-state index in [1.807, 2.05) is 19.9 Å². The van der Waals surface area contributed by atoms with Crippen molar-refractivity contribution in [2.24, 2.45) is 34.5 Å². The first-order valence-corrected chi connectivity index (χ1v) is 13.9. The summed E-state index contributed by atoms with van der Waals surface area (Å²) < 4.78 is 11.2. The molecule has 0 saturated heterocycles. The Morgan fingerprint density at radius 3 is 2.45 bits per heavy atom. The molecule has 0 amide bonds. The average molecular weight is 551 g/mol. The minimum Gasteiger partial charge on any atom is -0.461 e. The van der Waals surface area contributed by atoms with E-state index in [2.05, 4.69) is 0 Å². The number of carbonyl (C=O) groups is 3. The van der Waals surface area contributed by atoms with Crippen molar-refractivity contribution in [1.29, 1.82) is 0 Å². The number of aliphatic hydroxyl groups is 3. The maximum atomic E-state index is 14.5. The van der Waals surface area contributed by atoms with E-state index in [1.54, 1.807) is 63.3 Å². The molecule has 40 heavy (non-hydrogen) atoms. The molecule has 214 valence electrons. The molecule has 9 atom stereocenters. The number of carbonyl (C=O) groups excluding carboxylic acids is 3. The Kier molecular flexibility index (Phi) is 6.96. The molecule has 1 aromatic carbocycles. The number of benzene rings is 1. The summed E-state index contributed by atoms with van der Waals surface area (Å²) in [5.41, 5.74) is -2.85. The number of Topliss-reactive ketones (excluding diaryl/α,β-unsaturated/α-hetero) is 1. The Bertz CT molecular complexity index is 1330. The highest BCUT2D eigenvalue weighted by Gasteiger charge is 2.76. The van der Waals surface area contributed by atoms with E-state index < -0.39 is 52.4 Å². The zero-order valence-corrected chi connectivity index (χ0v) is 23.6. The fourth-order valence-corrected chi connectivity index (χ4v) is 7.71. The van der Waals surface area contributed by atoms with Gasteiger partial charge in [0.2, 0.25) is 0 Å². The van der Waals surface area contributed by atoms with Gasteiger partial charge < -0.3 is 24.8 Å². The fraction of sp³-hybridized carbons (Fsp3) is 0.531. The van der Waals surface area contributed by atoms with Crippen molar-refractivity contribution in [3.63, 3.8) is 0 Å². The van der Waals surface area contributed by atoms with Crippen molar-refractivity contribution >= 4 is 17.7 Å². The van der Waals surface area contributed by atoms with Crippen LogP contribution in [0.5, 0.6) is 0 Å². The highest BCUT2D eigenvalue weighted by atomic mass is 16.5. The Morgan fingerprint density at radius 1 is 1.12 bits per heavy atom. The van der Waals surface area contributed by atoms with Crippen LogP contribution in [0.25, 0.3) is 0 Å². The maximum Gasteiger partial charge on any atom is 0.338 e. The molecule has 8 nitrogen and oxygen atoms in total. The number of ether oxygens (including phenoxy) is 2. The molecule has 0 aliphatic heterocycles. The Balaban J connectivity index is 1.52. The SMILES string of the molecule is C/C=C(/C)C(=O)OCC1=C[C@H]2C(=O)[C@]3(C=C(C)[C@H](O)[C@@]3(O)[C@@H]1O)[C@H](C)C[C@@H]1[C@H]2[C@]1(C)COC(=O)c1ccccc1. The zero-order valence-electron chi connectivity index (χ0n) is 23.6. The number of esters is 2. The molecule has 4 aliphatic carbocycles. The number of allylic oxidation sites excluding steroid dienone is 2. The summed E-state index contributed by atoms with van der Waals surface area (Å²) in [4.78, 5) is 39.7. The Morgan fingerprint density at radius 2 is 1.80 bits per heavy atom. The molecule has 3 N–H and O–H groups in total. The molecule has 0 unspecified atom stereocenters. The number of fused-ring (bicyclic) bond motifs is 3. The van der Waals surface area contributed by atoms with Gasteiger partial charge in [0.05, 0.1) is 17.6 Å². The van der Waals surface area contributed by atoms with Crippen LogP contribution in [0.3, 0.4) is 0 Å². The fourth-order valence-electron chi connectivity index (χ4n) is 7.71. The lowest BCUT2D eigenvalue weighted by Crippen LogP contribution is -2.65. The third-order valence-electron chi connectivity index (χ3n) is 10.2. The predicted octanol–water partition coefficient (Wildman–Crippen LogP) is 3.17. The summed E-state index contributed by atoms with van der Waals surface area (Å²) in [6, 6.07) is 8.71. The van der Waals surface area contributed by atoms with Crippen molar-refractivity contribution in [3.8, 4) is 0 Å². The summed E-state index contributed by atoms with van der Waals surface area (Å²) in [6.45, 7) is 8.59. The van der Waals surface area contributed by atoms with Gasteiger partial charge in [-0.3, -0.25) is 4.79 Å². The molecule has 0 aromatic heterocycles. The van der Waals surface area contributed by atoms with Crippen LogP contribution in [0.2, 0.25) is 0 Å². The number of rotatable bonds is 6. The predicted molar refractivity (Wildman–Crippen MR) is 146 cm³/mol. The van der Waals surface area contributed by atoms with Gasteiger partial charge in [-0.05, 0) is 68.2 Å². The minimum absolute atomic E-state index is 0.00402. The third kappa shape index (κ3) is 3.87. The van der Waals surface area contributed by atoms with Gasteiger partial charge in [0.25, 0.3) is 0 Å². The number of hydrogen-bond acceptors (Lipinski definition) is 8. The van der Waals surface area contributed by atoms with Crippen LogP contribution in [0, 0.1) is 34.5 Å². The first-order chi connectivity index (χ1) is 18.8. The van der Waals surface area contributed by atoms with E-state index in [1.165, 1.54) is 0 Å². The number of aliphatic hydroxyl groups excluding tert-OH is 2. The quantitative estimate of drug-likeness (QED) is 0.280. The van der Waals surface area contributed by atoms with Gasteiger partial charge >= 0.3 is 11.9 Å². The monoisotopic (exact) mass is 550 g/mol. The Hall–Kier alpha value is -3.07. The first-order valence-electron chi connectivity index (χ1n) is 13.9. The largest absolute Gasteiger partial charge is 0.461 e. The third-order valence-corrected chi connectivity index (χ3v) is 10.2. The second-order valence-corrected chi connectivity index (χ2v) is 12.3. The number of hydrogen-bond donors (Lipinski definition) is 3. The van der Waals surface area contributed by atoms with E-state index >= 15 is 0 Å². The smallest absolute Gasteiger partial charge is 0.338 e. The lowest BCUT2D eigenvalue weighted by atomic mass is 9.59. The molecule has 5 rings (SSSR count). The van der Waals surface area contributed by atoms with Crippen LogP contribution in [0.4, 0.5) is 0 Å². The van der Waals surface area contributed by atoms with Crippen LogP contribution in [0.1, 0.15) is 51.4 Å². The topological polar surface area (TPSA) is 130 Å². The van der Waals surface area contributed by atoms with Gasteiger partial charge in [-0.15, -0.1) is 0 Å². The molecule has 0 heterocycles. The van der Waals surface area contributed by atoms with Gasteiger partial charge in [0.15, 0.2) is 5.78 Å². The van der Waals surface area contributed by atoms with E-state index in [9.17, 15) is 29.7 Å². The van der Waals surface area contributed by atoms with Crippen LogP contribution in [0.15, 0.2) is 65.3 Å². The molecule has 2 fully saturated rings. The minimum atomic E-state index is -2.22. The summed E-state index contributed by atoms with van der Waals surface area (Å²) in [5, 5.41) is 35.0. The number of ketones is 1. The molecule has 0 radical (unpaired) electrons. The highest BCUT2D eigenvalue weighted by Crippen LogP contribution is 2.71. The van der Waals surface area contributed by atoms with Crippen LogP contribution in [-0.2, 0) is 19.1 Å². The van der Waals surface area contributed by atoms with Crippen molar-refractivity contribution in [1.82, 2.24) is 0 Å². The van der Waals surface area contributed by atoms with Crippen LogP contribution < -0.4 is 0 Å². The van der Waals surface area contributed by atoms with E-state index in [0.29, 0.717) is 23.1 Å². The molecule has 1 spiro atoms. The molecule has 2 saturated carbocycles. The zero-order chi connectivity index (χ0) is 29.2. The van der Waals surface area contributed by atoms with Crippen LogP contribution in [-0.4, -0.2) is 64.1 Å². The second kappa shape index (κ2) is 9.79. The molecular formula is C32H38O8. The average Bonchev–Trinajstić information content (AvgIpc) is 3.49. The van der Waals surface area contributed by atoms with E-state index in [-0.39, 0.29) is 36.4 Å². The normalized spacial score (nSPS) is 40.1. The van der Waals surface area contributed by atoms with Gasteiger partial charge in [0, 0.05) is 16.9 Å². The maximum absolute atomic E-state index is 14.5. The summed E-state index contributed by atoms with van der Waals surface area (Å²) in [6.07, 6.45) is 2.29. The highest BCUT2D eigenvalue weighted by molar-refractivity contribution is 5.95. The second-order valence-electron chi connectivity index (χ2n) is 12.3. The molecule has 4 aliphatic rings. The van der Waals surface area contributed by atoms with Crippen molar-refractivity contribution in [2.45, 2.75) is 58.8 Å². The van der Waals surface area contributed by atoms with E-state index in [0.717, 1.165) is 0 Å². The van der Waals surface area contributed by atoms with Crippen LogP contribution >= 0.6 is 0 Å². The van der Waals surface area contributed by atoms with Gasteiger partial charge in [-0.25, -0.2) is 9.59 Å². The van der Waals surface area contributed by atoms with Crippen molar-refractivity contribution in [3.05, 3.63) is 70.8 Å². The molecule has 2 bridgehead atoms. The van der Waals surface area contributed by atoms with Gasteiger partial charge in [-0.2, -0.15) is 0 Å². The summed E-state index contributed by atoms with van der Waals surface area (Å²) >= 11 is 0. The summed E-state index contributed by atoms with van der Waals surface area (Å²) in [7, 11) is 0. The molecule has 1 aromatic rings. The first kappa shape index (κ1) is 28.5. The molecular weight excluding hydrogens is 512 g/mol. The standard InChI is InChI=1S/C32H38O8/c1-6-17(2)28(36)39-15-21-13-22-24-23(30(24,5)16-40-29(37)20-10-8-7-9-11-20)12-19(4)31(27(22)35)14-18(3)25(33)32(31,38)26(21)34/h6-11,13-14,19,22-26,33-34,38H,12,15-16H2,1-5H3/b17-6-/t19-,22-,23-,24+,25+,26-,30-,31+,32-/m1/s1. The molecule has 8 heteroatoms. The summed E-state index contributed by atoms with van der Waals surface area (Å²) in [5.74, 6) is -2.71. The van der Waals surface area contributed by atoms with Crippen molar-refractivity contribution < 1.29 is 39.2 Å². The lowest BCUT2D eigenvalue weighted by molar-refractivity contribution is -0.190. The van der Waals surface area contributed by atoms with Crippen molar-refractivity contribution in [2.75, 3.05) is 13.2 Å². The van der Waals surface area contributed by atoms with E-state index in [4.69, 9.17) is 9.47 Å². The Labute approximate surface area is 234 Å². The lowest BCUT2D eigenvalue weighted by Gasteiger charge is -2.48. The van der Waals surface area contributed by atoms with Gasteiger partial charge in [0.1, 0.15) is 24.4 Å².